The van der Waals surface area contributed by atoms with Crippen molar-refractivity contribution in [2.24, 2.45) is 0 Å². The smallest absolute Gasteiger partial charge is 0.251 e. The standard InChI is InChI=1S/C15H19N5O/c1-19(2)14-9-11(5-6-16-14)15(21)18-12-3-4-13-17-7-8-20(13)10-12/h5-9,12H,3-4,10H2,1-2H3,(H,18,21). The molecule has 1 aliphatic rings. The van der Waals surface area contributed by atoms with Crippen LogP contribution in [-0.4, -0.2) is 40.6 Å². The predicted octanol–water partition coefficient (Wildman–Crippen LogP) is 1.09. The van der Waals surface area contributed by atoms with E-state index in [0.717, 1.165) is 31.0 Å². The quantitative estimate of drug-likeness (QED) is 0.917. The number of carbonyl (C=O) groups excluding carboxylic acids is 1. The zero-order valence-electron chi connectivity index (χ0n) is 12.3. The number of fused-ring (bicyclic) bond motifs is 1. The zero-order chi connectivity index (χ0) is 14.8. The third-order valence-electron chi connectivity index (χ3n) is 3.74. The van der Waals surface area contributed by atoms with Gasteiger partial charge in [-0.2, -0.15) is 0 Å². The van der Waals surface area contributed by atoms with Gasteiger partial charge in [0.05, 0.1) is 0 Å². The average molecular weight is 285 g/mol. The molecular weight excluding hydrogens is 266 g/mol. The largest absolute Gasteiger partial charge is 0.363 e. The minimum atomic E-state index is -0.0472. The number of carbonyl (C=O) groups is 1. The van der Waals surface area contributed by atoms with Crippen LogP contribution < -0.4 is 10.2 Å². The number of amides is 1. The zero-order valence-corrected chi connectivity index (χ0v) is 12.3. The lowest BCUT2D eigenvalue weighted by atomic mass is 10.1. The number of nitrogens with zero attached hydrogens (tertiary/aromatic N) is 4. The van der Waals surface area contributed by atoms with E-state index in [1.54, 1.807) is 18.3 Å². The summed E-state index contributed by atoms with van der Waals surface area (Å²) in [5, 5.41) is 3.10. The Hall–Kier alpha value is -2.37. The fourth-order valence-corrected chi connectivity index (χ4v) is 2.56. The predicted molar refractivity (Wildman–Crippen MR) is 80.4 cm³/mol. The summed E-state index contributed by atoms with van der Waals surface area (Å²) in [6.07, 6.45) is 7.26. The number of pyridine rings is 1. The van der Waals surface area contributed by atoms with Gasteiger partial charge in [0.1, 0.15) is 11.6 Å². The topological polar surface area (TPSA) is 63.1 Å². The number of aromatic nitrogens is 3. The van der Waals surface area contributed by atoms with Crippen molar-refractivity contribution in [3.05, 3.63) is 42.1 Å². The minimum absolute atomic E-state index is 0.0472. The molecule has 0 radical (unpaired) electrons. The molecule has 3 rings (SSSR count). The van der Waals surface area contributed by atoms with Gasteiger partial charge in [-0.05, 0) is 18.6 Å². The molecule has 3 heterocycles. The summed E-state index contributed by atoms with van der Waals surface area (Å²) < 4.78 is 2.10. The van der Waals surface area contributed by atoms with E-state index in [0.29, 0.717) is 5.56 Å². The van der Waals surface area contributed by atoms with E-state index >= 15 is 0 Å². The van der Waals surface area contributed by atoms with Gasteiger partial charge in [0.2, 0.25) is 0 Å². The molecule has 1 N–H and O–H groups in total. The van der Waals surface area contributed by atoms with Crippen molar-refractivity contribution in [3.8, 4) is 0 Å². The van der Waals surface area contributed by atoms with Gasteiger partial charge >= 0.3 is 0 Å². The molecule has 0 bridgehead atoms. The molecule has 21 heavy (non-hydrogen) atoms. The van der Waals surface area contributed by atoms with E-state index < -0.39 is 0 Å². The molecular formula is C15H19N5O. The maximum Gasteiger partial charge on any atom is 0.251 e. The normalized spacial score (nSPS) is 17.1. The Balaban J connectivity index is 1.68. The van der Waals surface area contributed by atoms with Crippen LogP contribution in [0.5, 0.6) is 0 Å². The van der Waals surface area contributed by atoms with Gasteiger partial charge in [0.25, 0.3) is 5.91 Å². The van der Waals surface area contributed by atoms with E-state index in [1.807, 2.05) is 31.4 Å². The molecule has 110 valence electrons. The average Bonchev–Trinajstić information content (AvgIpc) is 2.95. The highest BCUT2D eigenvalue weighted by Crippen LogP contribution is 2.14. The third kappa shape index (κ3) is 2.89. The summed E-state index contributed by atoms with van der Waals surface area (Å²) in [4.78, 5) is 22.8. The van der Waals surface area contributed by atoms with E-state index in [4.69, 9.17) is 0 Å². The summed E-state index contributed by atoms with van der Waals surface area (Å²) in [5.41, 5.74) is 0.644. The van der Waals surface area contributed by atoms with Crippen LogP contribution in [0.1, 0.15) is 22.6 Å². The number of nitrogens with one attached hydrogen (secondary N) is 1. The first-order valence-corrected chi connectivity index (χ1v) is 7.08. The van der Waals surface area contributed by atoms with Gasteiger partial charge in [-0.1, -0.05) is 0 Å². The Morgan fingerprint density at radius 1 is 1.38 bits per heavy atom. The molecule has 0 saturated heterocycles. The fraction of sp³-hybridized carbons (Fsp3) is 0.400. The van der Waals surface area contributed by atoms with E-state index in [9.17, 15) is 4.79 Å². The lowest BCUT2D eigenvalue weighted by molar-refractivity contribution is 0.0927. The number of anilines is 1. The van der Waals surface area contributed by atoms with Crippen LogP contribution >= 0.6 is 0 Å². The van der Waals surface area contributed by atoms with Crippen LogP contribution in [0, 0.1) is 0 Å². The molecule has 2 aromatic rings. The maximum absolute atomic E-state index is 12.4. The van der Waals surface area contributed by atoms with Gasteiger partial charge in [0, 0.05) is 57.3 Å². The van der Waals surface area contributed by atoms with Crippen molar-refractivity contribution >= 4 is 11.7 Å². The number of imidazole rings is 1. The Kier molecular flexibility index (Phi) is 3.60. The van der Waals surface area contributed by atoms with Crippen molar-refractivity contribution in [2.45, 2.75) is 25.4 Å². The second kappa shape index (κ2) is 5.55. The van der Waals surface area contributed by atoms with E-state index in [2.05, 4.69) is 19.9 Å². The Bertz CT molecular complexity index is 649. The highest BCUT2D eigenvalue weighted by Gasteiger charge is 2.21. The van der Waals surface area contributed by atoms with Crippen molar-refractivity contribution in [1.82, 2.24) is 19.9 Å². The molecule has 1 atom stereocenters. The SMILES string of the molecule is CN(C)c1cc(C(=O)NC2CCc3nccn3C2)ccn1. The van der Waals surface area contributed by atoms with Crippen molar-refractivity contribution in [2.75, 3.05) is 19.0 Å². The van der Waals surface area contributed by atoms with Gasteiger partial charge in [-0.25, -0.2) is 9.97 Å². The summed E-state index contributed by atoms with van der Waals surface area (Å²) in [6, 6.07) is 3.70. The van der Waals surface area contributed by atoms with Gasteiger partial charge in [0.15, 0.2) is 0 Å². The van der Waals surface area contributed by atoms with Crippen LogP contribution in [0.15, 0.2) is 30.7 Å². The lowest BCUT2D eigenvalue weighted by Gasteiger charge is -2.24. The van der Waals surface area contributed by atoms with Crippen molar-refractivity contribution < 1.29 is 4.79 Å². The first kappa shape index (κ1) is 13.6. The van der Waals surface area contributed by atoms with Crippen LogP contribution in [0.4, 0.5) is 5.82 Å². The second-order valence-electron chi connectivity index (χ2n) is 5.50. The van der Waals surface area contributed by atoms with Gasteiger partial charge < -0.3 is 14.8 Å². The third-order valence-corrected chi connectivity index (χ3v) is 3.74. The van der Waals surface area contributed by atoms with Crippen LogP contribution in [-0.2, 0) is 13.0 Å². The summed E-state index contributed by atoms with van der Waals surface area (Å²) in [5.74, 6) is 1.83. The molecule has 2 aromatic heterocycles. The summed E-state index contributed by atoms with van der Waals surface area (Å²) in [6.45, 7) is 0.784. The fourth-order valence-electron chi connectivity index (χ4n) is 2.56. The first-order valence-electron chi connectivity index (χ1n) is 7.08. The summed E-state index contributed by atoms with van der Waals surface area (Å²) in [7, 11) is 3.82. The van der Waals surface area contributed by atoms with Crippen LogP contribution in [0.3, 0.4) is 0 Å². The first-order chi connectivity index (χ1) is 10.1. The molecule has 1 amide bonds. The number of rotatable bonds is 3. The lowest BCUT2D eigenvalue weighted by Crippen LogP contribution is -2.40. The van der Waals surface area contributed by atoms with Gasteiger partial charge in [-0.15, -0.1) is 0 Å². The van der Waals surface area contributed by atoms with Crippen LogP contribution in [0.2, 0.25) is 0 Å². The molecule has 0 saturated carbocycles. The molecule has 1 aliphatic heterocycles. The monoisotopic (exact) mass is 285 g/mol. The number of hydrogen-bond donors (Lipinski definition) is 1. The molecule has 0 aromatic carbocycles. The Labute approximate surface area is 123 Å². The van der Waals surface area contributed by atoms with Crippen molar-refractivity contribution in [3.63, 3.8) is 0 Å². The maximum atomic E-state index is 12.4. The summed E-state index contributed by atoms with van der Waals surface area (Å²) >= 11 is 0. The minimum Gasteiger partial charge on any atom is -0.363 e. The second-order valence-corrected chi connectivity index (χ2v) is 5.50. The van der Waals surface area contributed by atoms with Gasteiger partial charge in [-0.3, -0.25) is 4.79 Å². The highest BCUT2D eigenvalue weighted by molar-refractivity contribution is 5.95. The molecule has 6 nitrogen and oxygen atoms in total. The molecule has 6 heteroatoms. The number of aryl methyl sites for hydroxylation is 1. The molecule has 1 unspecified atom stereocenters. The Morgan fingerprint density at radius 3 is 3.05 bits per heavy atom. The number of hydrogen-bond acceptors (Lipinski definition) is 4. The van der Waals surface area contributed by atoms with Crippen molar-refractivity contribution in [1.29, 1.82) is 0 Å². The molecule has 0 aliphatic carbocycles. The Morgan fingerprint density at radius 2 is 2.24 bits per heavy atom. The van der Waals surface area contributed by atoms with E-state index in [-0.39, 0.29) is 11.9 Å². The highest BCUT2D eigenvalue weighted by atomic mass is 16.1. The van der Waals surface area contributed by atoms with Crippen LogP contribution in [0.25, 0.3) is 0 Å². The molecule has 0 spiro atoms. The molecule has 0 fully saturated rings. The van der Waals surface area contributed by atoms with E-state index in [1.165, 1.54) is 0 Å².